The lowest BCUT2D eigenvalue weighted by Gasteiger charge is -2.66. The van der Waals surface area contributed by atoms with Gasteiger partial charge in [-0.05, 0) is 92.3 Å². The highest BCUT2D eigenvalue weighted by Gasteiger charge is 2.70. The Morgan fingerprint density at radius 3 is 2.31 bits per heavy atom. The molecule has 4 fully saturated rings. The van der Waals surface area contributed by atoms with Crippen LogP contribution in [-0.4, -0.2) is 44.3 Å². The van der Waals surface area contributed by atoms with E-state index in [1.54, 1.807) is 0 Å². The maximum Gasteiger partial charge on any atom is 0.101 e. The third-order valence-electron chi connectivity index (χ3n) is 11.4. The smallest absolute Gasteiger partial charge is 0.101 e. The van der Waals surface area contributed by atoms with E-state index >= 15 is 0 Å². The molecule has 0 amide bonds. The van der Waals surface area contributed by atoms with Crippen LogP contribution in [-0.2, 0) is 0 Å². The molecule has 0 aromatic heterocycles. The molecule has 4 rings (SSSR count). The van der Waals surface area contributed by atoms with Crippen LogP contribution in [0.3, 0.4) is 0 Å². The molecule has 4 aliphatic rings. The Hall–Kier alpha value is -0.420. The van der Waals surface area contributed by atoms with Crippen molar-refractivity contribution in [2.24, 2.45) is 46.3 Å². The molecule has 0 bridgehead atoms. The molecular formula is C28H48O4. The van der Waals surface area contributed by atoms with Gasteiger partial charge in [0.1, 0.15) is 5.60 Å². The molecular weight excluding hydrogens is 400 g/mol. The minimum atomic E-state index is -1.40. The first-order valence-corrected chi connectivity index (χ1v) is 13.3. The van der Waals surface area contributed by atoms with Gasteiger partial charge in [0.2, 0.25) is 0 Å². The lowest BCUT2D eigenvalue weighted by atomic mass is 9.41. The first kappa shape index (κ1) is 24.7. The van der Waals surface area contributed by atoms with Crippen LogP contribution in [0, 0.1) is 46.3 Å². The van der Waals surface area contributed by atoms with E-state index in [1.807, 2.05) is 6.92 Å². The number of rotatable bonds is 5. The number of aliphatic hydroxyl groups excluding tert-OH is 3. The number of fused-ring (bicyclic) bond motifs is 5. The number of aliphatic hydroxyl groups is 4. The highest BCUT2D eigenvalue weighted by atomic mass is 16.4. The van der Waals surface area contributed by atoms with E-state index in [9.17, 15) is 20.4 Å². The van der Waals surface area contributed by atoms with E-state index in [2.05, 4.69) is 34.3 Å². The van der Waals surface area contributed by atoms with Gasteiger partial charge >= 0.3 is 0 Å². The Kier molecular flexibility index (Phi) is 6.45. The van der Waals surface area contributed by atoms with E-state index in [4.69, 9.17) is 0 Å². The summed E-state index contributed by atoms with van der Waals surface area (Å²) < 4.78 is 0. The molecule has 32 heavy (non-hydrogen) atoms. The van der Waals surface area contributed by atoms with Crippen LogP contribution in [0.25, 0.3) is 0 Å². The summed E-state index contributed by atoms with van der Waals surface area (Å²) in [7, 11) is 0. The quantitative estimate of drug-likeness (QED) is 0.460. The zero-order valence-corrected chi connectivity index (χ0v) is 21.1. The second-order valence-corrected chi connectivity index (χ2v) is 13.0. The average molecular weight is 449 g/mol. The predicted octanol–water partition coefficient (Wildman–Crippen LogP) is 4.69. The molecule has 0 unspecified atom stereocenters. The van der Waals surface area contributed by atoms with E-state index in [0.29, 0.717) is 42.4 Å². The largest absolute Gasteiger partial charge is 0.393 e. The van der Waals surface area contributed by atoms with E-state index in [-0.39, 0.29) is 17.8 Å². The number of hydrogen-bond donors (Lipinski definition) is 4. The summed E-state index contributed by atoms with van der Waals surface area (Å²) in [6, 6.07) is 0. The molecule has 11 atom stereocenters. The summed E-state index contributed by atoms with van der Waals surface area (Å²) in [6.07, 6.45) is 5.55. The molecule has 4 aliphatic carbocycles. The zero-order valence-electron chi connectivity index (χ0n) is 21.1. The van der Waals surface area contributed by atoms with Crippen molar-refractivity contribution in [1.29, 1.82) is 0 Å². The van der Waals surface area contributed by atoms with Crippen LogP contribution in [0.15, 0.2) is 12.2 Å². The monoisotopic (exact) mass is 448 g/mol. The highest BCUT2D eigenvalue weighted by molar-refractivity contribution is 5.19. The van der Waals surface area contributed by atoms with Crippen molar-refractivity contribution in [3.05, 3.63) is 12.2 Å². The summed E-state index contributed by atoms with van der Waals surface area (Å²) in [5, 5.41) is 44.2. The molecule has 4 nitrogen and oxygen atoms in total. The van der Waals surface area contributed by atoms with Crippen molar-refractivity contribution in [3.8, 4) is 0 Å². The molecule has 0 radical (unpaired) electrons. The van der Waals surface area contributed by atoms with E-state index < -0.39 is 29.3 Å². The Bertz CT molecular complexity index is 720. The molecule has 0 heterocycles. The van der Waals surface area contributed by atoms with Crippen LogP contribution in [0.5, 0.6) is 0 Å². The van der Waals surface area contributed by atoms with Crippen molar-refractivity contribution >= 4 is 0 Å². The lowest BCUT2D eigenvalue weighted by molar-refractivity contribution is -0.294. The van der Waals surface area contributed by atoms with Crippen LogP contribution < -0.4 is 0 Å². The fourth-order valence-corrected chi connectivity index (χ4v) is 9.21. The summed E-state index contributed by atoms with van der Waals surface area (Å²) in [6.45, 7) is 15.7. The maximum atomic E-state index is 11.6. The topological polar surface area (TPSA) is 80.9 Å². The van der Waals surface area contributed by atoms with Gasteiger partial charge in [-0.15, -0.1) is 0 Å². The van der Waals surface area contributed by atoms with Gasteiger partial charge in [-0.3, -0.25) is 0 Å². The van der Waals surface area contributed by atoms with Crippen LogP contribution in [0.1, 0.15) is 92.4 Å². The second kappa shape index (κ2) is 8.36. The molecule has 184 valence electrons. The van der Waals surface area contributed by atoms with E-state index in [0.717, 1.165) is 19.3 Å². The average Bonchev–Trinajstić information content (AvgIpc) is 3.06. The van der Waals surface area contributed by atoms with Gasteiger partial charge in [-0.1, -0.05) is 46.8 Å². The van der Waals surface area contributed by atoms with Crippen LogP contribution in [0.4, 0.5) is 0 Å². The van der Waals surface area contributed by atoms with Crippen molar-refractivity contribution in [2.75, 3.05) is 0 Å². The normalized spacial score (nSPS) is 51.6. The van der Waals surface area contributed by atoms with Gasteiger partial charge < -0.3 is 20.4 Å². The fraction of sp³-hybridized carbons (Fsp3) is 0.929. The van der Waals surface area contributed by atoms with Crippen molar-refractivity contribution in [3.63, 3.8) is 0 Å². The summed E-state index contributed by atoms with van der Waals surface area (Å²) in [5.41, 5.74) is -0.531. The van der Waals surface area contributed by atoms with Gasteiger partial charge in [-0.2, -0.15) is 0 Å². The molecule has 0 saturated heterocycles. The minimum absolute atomic E-state index is 0.173. The van der Waals surface area contributed by atoms with E-state index in [1.165, 1.54) is 24.8 Å². The minimum Gasteiger partial charge on any atom is -0.393 e. The van der Waals surface area contributed by atoms with Gasteiger partial charge in [0.25, 0.3) is 0 Å². The Morgan fingerprint density at radius 2 is 1.66 bits per heavy atom. The Labute approximate surface area is 195 Å². The molecule has 0 aromatic rings. The predicted molar refractivity (Wildman–Crippen MR) is 128 cm³/mol. The van der Waals surface area contributed by atoms with Gasteiger partial charge in [0.15, 0.2) is 0 Å². The molecule has 0 spiro atoms. The maximum absolute atomic E-state index is 11.6. The van der Waals surface area contributed by atoms with Gasteiger partial charge in [0, 0.05) is 11.8 Å². The van der Waals surface area contributed by atoms with Crippen molar-refractivity contribution in [2.45, 2.75) is 116 Å². The zero-order chi connectivity index (χ0) is 23.6. The molecule has 4 saturated carbocycles. The first-order valence-electron chi connectivity index (χ1n) is 13.3. The number of allylic oxidation sites excluding steroid dienone is 1. The van der Waals surface area contributed by atoms with Crippen molar-refractivity contribution < 1.29 is 20.4 Å². The SMILES string of the molecule is C=C(CC[C@@H](C)[C@H]1CC[C@H]2[C@@H]3C[C@@H](O)[C@@]4(O)C[C@@H](O)C[C@H](O)[C@]4(C)[C@H]3CC[C@]12C)C(C)C. The summed E-state index contributed by atoms with van der Waals surface area (Å²) in [5.74, 6) is 2.98. The molecule has 0 aromatic carbocycles. The van der Waals surface area contributed by atoms with Crippen LogP contribution in [0.2, 0.25) is 0 Å². The summed E-state index contributed by atoms with van der Waals surface area (Å²) >= 11 is 0. The third-order valence-corrected chi connectivity index (χ3v) is 11.4. The lowest BCUT2D eigenvalue weighted by Crippen LogP contribution is -2.72. The summed E-state index contributed by atoms with van der Waals surface area (Å²) in [4.78, 5) is 0. The number of hydrogen-bond acceptors (Lipinski definition) is 4. The van der Waals surface area contributed by atoms with Crippen molar-refractivity contribution in [1.82, 2.24) is 0 Å². The van der Waals surface area contributed by atoms with Crippen LogP contribution >= 0.6 is 0 Å². The highest BCUT2D eigenvalue weighted by Crippen LogP contribution is 2.69. The fourth-order valence-electron chi connectivity index (χ4n) is 9.21. The van der Waals surface area contributed by atoms with Gasteiger partial charge in [0.05, 0.1) is 18.3 Å². The second-order valence-electron chi connectivity index (χ2n) is 13.0. The third kappa shape index (κ3) is 3.46. The molecule has 0 aliphatic heterocycles. The standard InChI is InChI=1S/C28H48O4/c1-16(2)17(3)7-8-18(4)21-9-10-22-20-14-25(31)28(32)15-19(29)13-24(30)27(28,6)23(20)11-12-26(21,22)5/h16,18-25,29-32H,3,7-15H2,1-2,4-6H3/t18-,19+,20+,21-,22+,23+,24+,25-,26-,27+,28+/m1/s1. The molecule has 4 heteroatoms. The Morgan fingerprint density at radius 1 is 0.969 bits per heavy atom. The first-order chi connectivity index (χ1) is 14.9. The van der Waals surface area contributed by atoms with Gasteiger partial charge in [-0.25, -0.2) is 0 Å². The Balaban J connectivity index is 1.56. The molecule has 4 N–H and O–H groups in total.